The third-order valence-electron chi connectivity index (χ3n) is 2.49. The van der Waals surface area contributed by atoms with Gasteiger partial charge in [0, 0.05) is 31.0 Å². The summed E-state index contributed by atoms with van der Waals surface area (Å²) >= 11 is 7.29. The summed E-state index contributed by atoms with van der Waals surface area (Å²) < 4.78 is 1.88. The standard InChI is InChI=1S/C13H14ClN3OS/c1-17-6-5-15-13(17)19-9-12(18)16-8-10-3-2-4-11(14)7-10/h2-7H,8-9H2,1H3,(H,16,18). The predicted molar refractivity (Wildman–Crippen MR) is 77.2 cm³/mol. The molecule has 0 spiro atoms. The number of nitrogens with zero attached hydrogens (tertiary/aromatic N) is 2. The molecule has 100 valence electrons. The predicted octanol–water partition coefficient (Wildman–Crippen LogP) is 2.48. The molecule has 1 aromatic carbocycles. The number of carbonyl (C=O) groups is 1. The van der Waals surface area contributed by atoms with Crippen LogP contribution in [0.4, 0.5) is 0 Å². The molecule has 6 heteroatoms. The van der Waals surface area contributed by atoms with E-state index in [9.17, 15) is 4.79 Å². The topological polar surface area (TPSA) is 46.9 Å². The van der Waals surface area contributed by atoms with Crippen molar-refractivity contribution in [3.05, 3.63) is 47.2 Å². The van der Waals surface area contributed by atoms with Gasteiger partial charge in [-0.2, -0.15) is 0 Å². The monoisotopic (exact) mass is 295 g/mol. The molecule has 0 aliphatic rings. The van der Waals surface area contributed by atoms with Crippen molar-refractivity contribution in [1.82, 2.24) is 14.9 Å². The van der Waals surface area contributed by atoms with Crippen molar-refractivity contribution in [2.45, 2.75) is 11.7 Å². The average molecular weight is 296 g/mol. The summed E-state index contributed by atoms with van der Waals surface area (Å²) in [5, 5.41) is 4.36. The van der Waals surface area contributed by atoms with Gasteiger partial charge in [-0.05, 0) is 17.7 Å². The van der Waals surface area contributed by atoms with Crippen LogP contribution in [0.3, 0.4) is 0 Å². The fraction of sp³-hybridized carbons (Fsp3) is 0.231. The molecule has 0 radical (unpaired) electrons. The van der Waals surface area contributed by atoms with Gasteiger partial charge in [-0.15, -0.1) is 0 Å². The molecule has 1 N–H and O–H groups in total. The fourth-order valence-corrected chi connectivity index (χ4v) is 2.49. The first kappa shape index (κ1) is 14.0. The van der Waals surface area contributed by atoms with Crippen LogP contribution in [0.2, 0.25) is 5.02 Å². The number of halogens is 1. The molecule has 0 aliphatic carbocycles. The lowest BCUT2D eigenvalue weighted by atomic mass is 10.2. The number of thioether (sulfide) groups is 1. The molecule has 1 heterocycles. The maximum absolute atomic E-state index is 11.7. The maximum atomic E-state index is 11.7. The smallest absolute Gasteiger partial charge is 0.230 e. The molecule has 4 nitrogen and oxygen atoms in total. The normalized spacial score (nSPS) is 10.4. The summed E-state index contributed by atoms with van der Waals surface area (Å²) in [6.45, 7) is 0.487. The van der Waals surface area contributed by atoms with E-state index < -0.39 is 0 Å². The van der Waals surface area contributed by atoms with Gasteiger partial charge in [-0.25, -0.2) is 4.98 Å². The number of amides is 1. The van der Waals surface area contributed by atoms with Crippen LogP contribution in [0.15, 0.2) is 41.8 Å². The number of carbonyl (C=O) groups excluding carboxylic acids is 1. The maximum Gasteiger partial charge on any atom is 0.230 e. The van der Waals surface area contributed by atoms with Crippen LogP contribution in [0.1, 0.15) is 5.56 Å². The van der Waals surface area contributed by atoms with Crippen LogP contribution in [0.25, 0.3) is 0 Å². The first-order valence-corrected chi connectivity index (χ1v) is 7.13. The Morgan fingerprint density at radius 3 is 3.05 bits per heavy atom. The first-order valence-electron chi connectivity index (χ1n) is 5.76. The van der Waals surface area contributed by atoms with Gasteiger partial charge < -0.3 is 9.88 Å². The van der Waals surface area contributed by atoms with Gasteiger partial charge in [-0.3, -0.25) is 4.79 Å². The molecule has 0 bridgehead atoms. The van der Waals surface area contributed by atoms with Crippen molar-refractivity contribution >= 4 is 29.3 Å². The number of rotatable bonds is 5. The second-order valence-corrected chi connectivity index (χ2v) is 5.39. The highest BCUT2D eigenvalue weighted by Gasteiger charge is 2.05. The van der Waals surface area contributed by atoms with Crippen LogP contribution in [0.5, 0.6) is 0 Å². The second-order valence-electron chi connectivity index (χ2n) is 4.02. The van der Waals surface area contributed by atoms with Gasteiger partial charge in [0.25, 0.3) is 0 Å². The molecule has 0 atom stereocenters. The van der Waals surface area contributed by atoms with Gasteiger partial charge in [0.1, 0.15) is 0 Å². The Labute approximate surface area is 121 Å². The highest BCUT2D eigenvalue weighted by Crippen LogP contribution is 2.14. The Kier molecular flexibility index (Phi) is 4.87. The molecule has 19 heavy (non-hydrogen) atoms. The van der Waals surface area contributed by atoms with Gasteiger partial charge in [0.05, 0.1) is 5.75 Å². The van der Waals surface area contributed by atoms with Gasteiger partial charge in [0.15, 0.2) is 5.16 Å². The number of aromatic nitrogens is 2. The molecule has 0 fully saturated rings. The van der Waals surface area contributed by atoms with Crippen molar-refractivity contribution in [3.63, 3.8) is 0 Å². The number of aryl methyl sites for hydroxylation is 1. The summed E-state index contributed by atoms with van der Waals surface area (Å²) in [6, 6.07) is 7.45. The minimum absolute atomic E-state index is 0.0204. The van der Waals surface area contributed by atoms with Crippen molar-refractivity contribution < 1.29 is 4.79 Å². The van der Waals surface area contributed by atoms with E-state index in [0.717, 1.165) is 10.7 Å². The van der Waals surface area contributed by atoms with E-state index in [1.807, 2.05) is 42.1 Å². The highest BCUT2D eigenvalue weighted by atomic mass is 35.5. The Morgan fingerprint density at radius 1 is 1.53 bits per heavy atom. The molecular formula is C13H14ClN3OS. The molecular weight excluding hydrogens is 282 g/mol. The molecule has 0 saturated heterocycles. The van der Waals surface area contributed by atoms with E-state index in [1.54, 1.807) is 6.20 Å². The molecule has 1 amide bonds. The quantitative estimate of drug-likeness (QED) is 0.862. The molecule has 1 aromatic heterocycles. The lowest BCUT2D eigenvalue weighted by Crippen LogP contribution is -2.24. The van der Waals surface area contributed by atoms with Crippen LogP contribution in [-0.2, 0) is 18.4 Å². The van der Waals surface area contributed by atoms with Crippen molar-refractivity contribution in [1.29, 1.82) is 0 Å². The fourth-order valence-electron chi connectivity index (χ4n) is 1.52. The van der Waals surface area contributed by atoms with Crippen molar-refractivity contribution in [2.24, 2.45) is 7.05 Å². The van der Waals surface area contributed by atoms with E-state index >= 15 is 0 Å². The van der Waals surface area contributed by atoms with Crippen LogP contribution in [0, 0.1) is 0 Å². The average Bonchev–Trinajstić information content (AvgIpc) is 2.80. The third-order valence-corrected chi connectivity index (χ3v) is 3.78. The number of hydrogen-bond donors (Lipinski definition) is 1. The number of benzene rings is 1. The number of nitrogens with one attached hydrogen (secondary N) is 1. The zero-order valence-electron chi connectivity index (χ0n) is 10.5. The lowest BCUT2D eigenvalue weighted by Gasteiger charge is -2.05. The van der Waals surface area contributed by atoms with Crippen molar-refractivity contribution in [3.8, 4) is 0 Å². The number of hydrogen-bond acceptors (Lipinski definition) is 3. The molecule has 0 unspecified atom stereocenters. The van der Waals surface area contributed by atoms with Gasteiger partial charge >= 0.3 is 0 Å². The molecule has 2 aromatic rings. The highest BCUT2D eigenvalue weighted by molar-refractivity contribution is 7.99. The molecule has 2 rings (SSSR count). The largest absolute Gasteiger partial charge is 0.351 e. The molecule has 0 saturated carbocycles. The summed E-state index contributed by atoms with van der Waals surface area (Å²) in [5.74, 6) is 0.332. The second kappa shape index (κ2) is 6.63. The Morgan fingerprint density at radius 2 is 2.37 bits per heavy atom. The Bertz CT molecular complexity index is 571. The van der Waals surface area contributed by atoms with Gasteiger partial charge in [-0.1, -0.05) is 35.5 Å². The van der Waals surface area contributed by atoms with E-state index in [1.165, 1.54) is 11.8 Å². The van der Waals surface area contributed by atoms with E-state index in [2.05, 4.69) is 10.3 Å². The Balaban J connectivity index is 1.77. The number of imidazole rings is 1. The minimum atomic E-state index is -0.0204. The van der Waals surface area contributed by atoms with Crippen LogP contribution < -0.4 is 5.32 Å². The summed E-state index contributed by atoms with van der Waals surface area (Å²) in [7, 11) is 1.90. The zero-order chi connectivity index (χ0) is 13.7. The first-order chi connectivity index (χ1) is 9.15. The Hall–Kier alpha value is -1.46. The summed E-state index contributed by atoms with van der Waals surface area (Å²) in [5.41, 5.74) is 0.989. The van der Waals surface area contributed by atoms with E-state index in [4.69, 9.17) is 11.6 Å². The summed E-state index contributed by atoms with van der Waals surface area (Å²) in [6.07, 6.45) is 3.57. The van der Waals surface area contributed by atoms with Crippen molar-refractivity contribution in [2.75, 3.05) is 5.75 Å². The van der Waals surface area contributed by atoms with E-state index in [-0.39, 0.29) is 5.91 Å². The van der Waals surface area contributed by atoms with Crippen LogP contribution in [-0.4, -0.2) is 21.2 Å². The van der Waals surface area contributed by atoms with Gasteiger partial charge in [0.2, 0.25) is 5.91 Å². The van der Waals surface area contributed by atoms with Crippen LogP contribution >= 0.6 is 23.4 Å². The molecule has 0 aliphatic heterocycles. The third kappa shape index (κ3) is 4.29. The van der Waals surface area contributed by atoms with E-state index in [0.29, 0.717) is 17.3 Å². The SMILES string of the molecule is Cn1ccnc1SCC(=O)NCc1cccc(Cl)c1. The summed E-state index contributed by atoms with van der Waals surface area (Å²) in [4.78, 5) is 15.9. The zero-order valence-corrected chi connectivity index (χ0v) is 12.0. The minimum Gasteiger partial charge on any atom is -0.351 e. The lowest BCUT2D eigenvalue weighted by molar-refractivity contribution is -0.118.